The fourth-order valence-corrected chi connectivity index (χ4v) is 3.73. The van der Waals surface area contributed by atoms with Crippen LogP contribution in [0.25, 0.3) is 22.2 Å². The van der Waals surface area contributed by atoms with Crippen LogP contribution in [0.4, 0.5) is 11.5 Å². The Morgan fingerprint density at radius 3 is 2.28 bits per heavy atom. The van der Waals surface area contributed by atoms with Crippen LogP contribution >= 0.6 is 0 Å². The second-order valence-electron chi connectivity index (χ2n) is 7.40. The second-order valence-corrected chi connectivity index (χ2v) is 7.40. The van der Waals surface area contributed by atoms with Crippen LogP contribution in [0.5, 0.6) is 5.75 Å². The summed E-state index contributed by atoms with van der Waals surface area (Å²) in [5.41, 5.74) is 11.0. The largest absolute Gasteiger partial charge is 0.497 e. The van der Waals surface area contributed by atoms with E-state index in [-0.39, 0.29) is 5.91 Å². The summed E-state index contributed by atoms with van der Waals surface area (Å²) < 4.78 is 7.02. The van der Waals surface area contributed by atoms with Crippen LogP contribution < -0.4 is 15.8 Å². The summed E-state index contributed by atoms with van der Waals surface area (Å²) >= 11 is 0. The molecule has 2 aromatic heterocycles. The van der Waals surface area contributed by atoms with E-state index in [0.29, 0.717) is 46.0 Å². The molecule has 3 aromatic carbocycles. The molecule has 0 saturated carbocycles. The van der Waals surface area contributed by atoms with Gasteiger partial charge in [0.15, 0.2) is 5.65 Å². The van der Waals surface area contributed by atoms with Gasteiger partial charge in [-0.15, -0.1) is 0 Å². The average molecular weight is 423 g/mol. The quantitative estimate of drug-likeness (QED) is 0.435. The number of para-hydroxylation sites is 2. The van der Waals surface area contributed by atoms with Gasteiger partial charge in [0.1, 0.15) is 22.6 Å². The lowest BCUT2D eigenvalue weighted by Crippen LogP contribution is -2.15. The Kier molecular flexibility index (Phi) is 4.91. The molecule has 2 heterocycles. The van der Waals surface area contributed by atoms with Crippen molar-refractivity contribution in [3.63, 3.8) is 0 Å². The van der Waals surface area contributed by atoms with E-state index in [9.17, 15) is 4.79 Å². The fourth-order valence-electron chi connectivity index (χ4n) is 3.73. The minimum atomic E-state index is -0.339. The average Bonchev–Trinajstić information content (AvgIpc) is 3.09. The molecule has 0 unspecified atom stereocenters. The molecule has 0 aliphatic heterocycles. The minimum absolute atomic E-state index is 0.310. The Labute approximate surface area is 184 Å². The lowest BCUT2D eigenvalue weighted by atomic mass is 10.2. The number of nitrogens with zero attached hydrogens (tertiary/aromatic N) is 3. The van der Waals surface area contributed by atoms with Gasteiger partial charge in [-0.25, -0.2) is 9.97 Å². The van der Waals surface area contributed by atoms with E-state index in [1.54, 1.807) is 31.4 Å². The summed E-state index contributed by atoms with van der Waals surface area (Å²) in [6, 6.07) is 24.6. The molecule has 7 heteroatoms. The van der Waals surface area contributed by atoms with Crippen molar-refractivity contribution in [2.24, 2.45) is 0 Å². The van der Waals surface area contributed by atoms with E-state index in [0.717, 1.165) is 11.1 Å². The number of anilines is 2. The van der Waals surface area contributed by atoms with Gasteiger partial charge in [0.2, 0.25) is 0 Å². The molecule has 5 aromatic rings. The van der Waals surface area contributed by atoms with Crippen molar-refractivity contribution in [3.8, 4) is 5.75 Å². The van der Waals surface area contributed by atoms with Crippen molar-refractivity contribution in [2.75, 3.05) is 18.2 Å². The Balaban J connectivity index is 1.64. The number of nitrogen functional groups attached to an aromatic ring is 1. The van der Waals surface area contributed by atoms with E-state index < -0.39 is 0 Å². The van der Waals surface area contributed by atoms with Gasteiger partial charge in [-0.2, -0.15) is 0 Å². The topological polar surface area (TPSA) is 95.1 Å². The maximum Gasteiger partial charge on any atom is 0.261 e. The van der Waals surface area contributed by atoms with Gasteiger partial charge >= 0.3 is 0 Å². The number of fused-ring (bicyclic) bond motifs is 2. The molecule has 1 amide bonds. The summed E-state index contributed by atoms with van der Waals surface area (Å²) in [7, 11) is 1.60. The third-order valence-electron chi connectivity index (χ3n) is 5.35. The minimum Gasteiger partial charge on any atom is -0.497 e. The molecular formula is C25H21N5O2. The van der Waals surface area contributed by atoms with Crippen molar-refractivity contribution >= 4 is 39.6 Å². The number of nitrogens with two attached hydrogens (primary N) is 1. The fraction of sp³-hybridized carbons (Fsp3) is 0.0800. The number of carbonyl (C=O) groups is 1. The van der Waals surface area contributed by atoms with Crippen molar-refractivity contribution in [1.82, 2.24) is 14.5 Å². The number of benzene rings is 3. The molecule has 0 spiro atoms. The highest BCUT2D eigenvalue weighted by Crippen LogP contribution is 2.29. The molecule has 0 aliphatic carbocycles. The van der Waals surface area contributed by atoms with Gasteiger partial charge in [-0.3, -0.25) is 4.79 Å². The van der Waals surface area contributed by atoms with Gasteiger partial charge in [0.25, 0.3) is 5.91 Å². The Bertz CT molecular complexity index is 1430. The first kappa shape index (κ1) is 19.6. The Morgan fingerprint density at radius 1 is 0.938 bits per heavy atom. The molecule has 0 saturated heterocycles. The standard InChI is InChI=1S/C25H21N5O2/c1-32-18-13-11-17(12-14-18)27-25(31)21-22-24(29-20-10-6-5-9-19(20)28-22)30(23(21)26)15-16-7-3-2-4-8-16/h2-14H,15,26H2,1H3,(H,27,31). The van der Waals surface area contributed by atoms with Crippen molar-refractivity contribution in [3.05, 3.63) is 90.0 Å². The van der Waals surface area contributed by atoms with Gasteiger partial charge < -0.3 is 20.4 Å². The SMILES string of the molecule is COc1ccc(NC(=O)c2c(N)n(Cc3ccccc3)c3nc4ccccc4nc23)cc1. The molecular weight excluding hydrogens is 402 g/mol. The van der Waals surface area contributed by atoms with Gasteiger partial charge in [0, 0.05) is 5.69 Å². The smallest absolute Gasteiger partial charge is 0.261 e. The summed E-state index contributed by atoms with van der Waals surface area (Å²) in [4.78, 5) is 22.8. The Hall–Kier alpha value is -4.39. The van der Waals surface area contributed by atoms with Crippen LogP contribution in [0.1, 0.15) is 15.9 Å². The first-order valence-electron chi connectivity index (χ1n) is 10.2. The number of rotatable bonds is 5. The molecule has 0 aliphatic rings. The van der Waals surface area contributed by atoms with Crippen molar-refractivity contribution in [1.29, 1.82) is 0 Å². The number of hydrogen-bond acceptors (Lipinski definition) is 5. The molecule has 0 fully saturated rings. The van der Waals surface area contributed by atoms with E-state index in [4.69, 9.17) is 20.4 Å². The molecule has 5 rings (SSSR count). The van der Waals surface area contributed by atoms with Gasteiger partial charge in [-0.1, -0.05) is 42.5 Å². The zero-order valence-electron chi connectivity index (χ0n) is 17.4. The third-order valence-corrected chi connectivity index (χ3v) is 5.35. The number of carbonyl (C=O) groups excluding carboxylic acids is 1. The van der Waals surface area contributed by atoms with E-state index >= 15 is 0 Å². The molecule has 0 atom stereocenters. The lowest BCUT2D eigenvalue weighted by Gasteiger charge is -2.09. The highest BCUT2D eigenvalue weighted by Gasteiger charge is 2.24. The molecule has 3 N–H and O–H groups in total. The first-order chi connectivity index (χ1) is 15.6. The summed E-state index contributed by atoms with van der Waals surface area (Å²) in [5.74, 6) is 0.693. The molecule has 158 valence electrons. The number of methoxy groups -OCH3 is 1. The highest BCUT2D eigenvalue weighted by molar-refractivity contribution is 6.16. The maximum absolute atomic E-state index is 13.3. The third kappa shape index (κ3) is 3.50. The van der Waals surface area contributed by atoms with Crippen LogP contribution in [0.3, 0.4) is 0 Å². The number of amides is 1. The number of hydrogen-bond donors (Lipinski definition) is 2. The van der Waals surface area contributed by atoms with Gasteiger partial charge in [-0.05, 0) is 42.0 Å². The van der Waals surface area contributed by atoms with Crippen LogP contribution in [-0.2, 0) is 6.54 Å². The summed E-state index contributed by atoms with van der Waals surface area (Å²) in [5, 5.41) is 2.91. The van der Waals surface area contributed by atoms with Crippen molar-refractivity contribution in [2.45, 2.75) is 6.54 Å². The van der Waals surface area contributed by atoms with Crippen LogP contribution in [0.2, 0.25) is 0 Å². The molecule has 0 bridgehead atoms. The van der Waals surface area contributed by atoms with Crippen LogP contribution in [0, 0.1) is 0 Å². The molecule has 0 radical (unpaired) electrons. The second kappa shape index (κ2) is 8.03. The highest BCUT2D eigenvalue weighted by atomic mass is 16.5. The summed E-state index contributed by atoms with van der Waals surface area (Å²) in [6.07, 6.45) is 0. The van der Waals surface area contributed by atoms with E-state index in [1.165, 1.54) is 0 Å². The summed E-state index contributed by atoms with van der Waals surface area (Å²) in [6.45, 7) is 0.478. The molecule has 7 nitrogen and oxygen atoms in total. The van der Waals surface area contributed by atoms with Gasteiger partial charge in [0.05, 0.1) is 24.7 Å². The maximum atomic E-state index is 13.3. The lowest BCUT2D eigenvalue weighted by molar-refractivity contribution is 0.102. The van der Waals surface area contributed by atoms with E-state index in [1.807, 2.05) is 59.2 Å². The zero-order valence-corrected chi connectivity index (χ0v) is 17.4. The number of ether oxygens (including phenoxy) is 1. The van der Waals surface area contributed by atoms with Crippen LogP contribution in [0.15, 0.2) is 78.9 Å². The molecule has 32 heavy (non-hydrogen) atoms. The first-order valence-corrected chi connectivity index (χ1v) is 10.2. The number of aromatic nitrogens is 3. The normalized spacial score (nSPS) is 11.0. The van der Waals surface area contributed by atoms with E-state index in [2.05, 4.69) is 5.32 Å². The monoisotopic (exact) mass is 423 g/mol. The predicted molar refractivity (Wildman–Crippen MR) is 126 cm³/mol. The Morgan fingerprint density at radius 2 is 1.59 bits per heavy atom. The number of nitrogens with one attached hydrogen (secondary N) is 1. The van der Waals surface area contributed by atoms with Crippen molar-refractivity contribution < 1.29 is 9.53 Å². The predicted octanol–water partition coefficient (Wildman–Crippen LogP) is 4.48. The van der Waals surface area contributed by atoms with Crippen LogP contribution in [-0.4, -0.2) is 27.6 Å². The zero-order chi connectivity index (χ0) is 22.1.